The Morgan fingerprint density at radius 3 is 2.61 bits per heavy atom. The third-order valence-corrected chi connectivity index (χ3v) is 3.96. The molecule has 0 aliphatic rings. The summed E-state index contributed by atoms with van der Waals surface area (Å²) in [7, 11) is -0.961. The van der Waals surface area contributed by atoms with Gasteiger partial charge in [0.15, 0.2) is 0 Å². The fourth-order valence-electron chi connectivity index (χ4n) is 2.19. The summed E-state index contributed by atoms with van der Waals surface area (Å²) in [5, 5.41) is 13.5. The van der Waals surface area contributed by atoms with Gasteiger partial charge in [-0.1, -0.05) is 12.1 Å². The number of nitro groups is 1. The van der Waals surface area contributed by atoms with Crippen molar-refractivity contribution < 1.29 is 13.9 Å². The zero-order valence-corrected chi connectivity index (χ0v) is 13.6. The first-order chi connectivity index (χ1) is 10.9. The second-order valence-electron chi connectivity index (χ2n) is 5.13. The monoisotopic (exact) mass is 332 g/mol. The van der Waals surface area contributed by atoms with Crippen LogP contribution in [0.3, 0.4) is 0 Å². The van der Waals surface area contributed by atoms with Crippen LogP contribution in [0.4, 0.5) is 11.4 Å². The van der Waals surface area contributed by atoms with Gasteiger partial charge in [-0.15, -0.1) is 0 Å². The number of hydrogen-bond donors (Lipinski definition) is 1. The van der Waals surface area contributed by atoms with Gasteiger partial charge in [-0.05, 0) is 36.2 Å². The molecule has 2 aromatic rings. The molecule has 1 unspecified atom stereocenters. The maximum Gasteiger partial charge on any atom is 0.269 e. The van der Waals surface area contributed by atoms with Crippen LogP contribution in [-0.4, -0.2) is 21.3 Å². The Morgan fingerprint density at radius 2 is 2.00 bits per heavy atom. The van der Waals surface area contributed by atoms with Crippen molar-refractivity contribution in [3.05, 3.63) is 69.3 Å². The van der Waals surface area contributed by atoms with Gasteiger partial charge < -0.3 is 5.32 Å². The lowest BCUT2D eigenvalue weighted by Gasteiger charge is -2.09. The lowest BCUT2D eigenvalue weighted by atomic mass is 10.1. The smallest absolute Gasteiger partial charge is 0.269 e. The Hall–Kier alpha value is -2.54. The minimum Gasteiger partial charge on any atom is -0.322 e. The van der Waals surface area contributed by atoms with Gasteiger partial charge in [-0.3, -0.25) is 19.1 Å². The normalized spacial score (nSPS) is 11.7. The number of non-ortho nitro benzene ring substituents is 1. The molecule has 1 atom stereocenters. The lowest BCUT2D eigenvalue weighted by Crippen LogP contribution is -2.13. The largest absolute Gasteiger partial charge is 0.322 e. The summed E-state index contributed by atoms with van der Waals surface area (Å²) in [4.78, 5) is 22.5. The standard InChI is InChI=1S/C16H16N2O4S/c1-11-8-14(18(20)21)6-7-15(11)16(19)17-13-5-3-4-12(9-13)10-23(2)22/h3-9H,10H2,1-2H3,(H,17,19). The highest BCUT2D eigenvalue weighted by atomic mass is 32.2. The second kappa shape index (κ2) is 7.15. The zero-order chi connectivity index (χ0) is 17.0. The summed E-state index contributed by atoms with van der Waals surface area (Å²) in [6.45, 7) is 1.65. The molecular weight excluding hydrogens is 316 g/mol. The van der Waals surface area contributed by atoms with Crippen LogP contribution in [0, 0.1) is 17.0 Å². The van der Waals surface area contributed by atoms with Gasteiger partial charge in [0.2, 0.25) is 0 Å². The van der Waals surface area contributed by atoms with Crippen LogP contribution in [0.2, 0.25) is 0 Å². The third kappa shape index (κ3) is 4.46. The number of carbonyl (C=O) groups is 1. The van der Waals surface area contributed by atoms with Crippen LogP contribution < -0.4 is 5.32 Å². The fraction of sp³-hybridized carbons (Fsp3) is 0.188. The molecular formula is C16H16N2O4S. The van der Waals surface area contributed by atoms with Gasteiger partial charge in [0.25, 0.3) is 11.6 Å². The number of nitrogens with zero attached hydrogens (tertiary/aromatic N) is 1. The van der Waals surface area contributed by atoms with Crippen molar-refractivity contribution in [3.8, 4) is 0 Å². The summed E-state index contributed by atoms with van der Waals surface area (Å²) in [5.74, 6) is 0.0764. The Balaban J connectivity index is 2.19. The van der Waals surface area contributed by atoms with E-state index in [0.29, 0.717) is 22.6 Å². The topological polar surface area (TPSA) is 89.3 Å². The van der Waals surface area contributed by atoms with E-state index in [0.717, 1.165) is 5.56 Å². The highest BCUT2D eigenvalue weighted by Gasteiger charge is 2.13. The summed E-state index contributed by atoms with van der Waals surface area (Å²) < 4.78 is 11.3. The molecule has 120 valence electrons. The third-order valence-electron chi connectivity index (χ3n) is 3.22. The van der Waals surface area contributed by atoms with E-state index in [1.807, 2.05) is 6.07 Å². The number of nitro benzene ring substituents is 1. The van der Waals surface area contributed by atoms with Crippen molar-refractivity contribution >= 4 is 28.1 Å². The van der Waals surface area contributed by atoms with Crippen molar-refractivity contribution in [1.29, 1.82) is 0 Å². The first-order valence-electron chi connectivity index (χ1n) is 6.82. The number of carbonyl (C=O) groups excluding carboxylic acids is 1. The molecule has 2 aromatic carbocycles. The molecule has 0 aliphatic carbocycles. The second-order valence-corrected chi connectivity index (χ2v) is 6.56. The fourth-order valence-corrected chi connectivity index (χ4v) is 2.84. The van der Waals surface area contributed by atoms with E-state index in [9.17, 15) is 19.1 Å². The maximum atomic E-state index is 12.3. The van der Waals surface area contributed by atoms with Crippen LogP contribution in [-0.2, 0) is 16.6 Å². The Morgan fingerprint density at radius 1 is 1.26 bits per heavy atom. The average molecular weight is 332 g/mol. The molecule has 7 heteroatoms. The molecule has 0 saturated heterocycles. The van der Waals surface area contributed by atoms with Crippen LogP contribution in [0.5, 0.6) is 0 Å². The first-order valence-corrected chi connectivity index (χ1v) is 8.55. The van der Waals surface area contributed by atoms with E-state index in [-0.39, 0.29) is 11.6 Å². The molecule has 0 heterocycles. The Bertz CT molecular complexity index is 789. The average Bonchev–Trinajstić information content (AvgIpc) is 2.46. The van der Waals surface area contributed by atoms with E-state index >= 15 is 0 Å². The quantitative estimate of drug-likeness (QED) is 0.673. The predicted octanol–water partition coefficient (Wildman–Crippen LogP) is 3.03. The summed E-state index contributed by atoms with van der Waals surface area (Å²) in [6.07, 6.45) is 1.62. The van der Waals surface area contributed by atoms with Gasteiger partial charge >= 0.3 is 0 Å². The summed E-state index contributed by atoms with van der Waals surface area (Å²) >= 11 is 0. The van der Waals surface area contributed by atoms with Crippen molar-refractivity contribution in [3.63, 3.8) is 0 Å². The Labute approximate surface area is 136 Å². The predicted molar refractivity (Wildman–Crippen MR) is 90.0 cm³/mol. The molecule has 0 aliphatic heterocycles. The van der Waals surface area contributed by atoms with E-state index in [2.05, 4.69) is 5.32 Å². The molecule has 6 nitrogen and oxygen atoms in total. The molecule has 1 N–H and O–H groups in total. The highest BCUT2D eigenvalue weighted by molar-refractivity contribution is 7.83. The molecule has 0 aromatic heterocycles. The van der Waals surface area contributed by atoms with Crippen LogP contribution >= 0.6 is 0 Å². The first kappa shape index (κ1) is 16.8. The minimum atomic E-state index is -0.961. The van der Waals surface area contributed by atoms with Crippen molar-refractivity contribution in [2.75, 3.05) is 11.6 Å². The maximum absolute atomic E-state index is 12.3. The van der Waals surface area contributed by atoms with Gasteiger partial charge in [0.05, 0.1) is 4.92 Å². The lowest BCUT2D eigenvalue weighted by molar-refractivity contribution is -0.384. The van der Waals surface area contributed by atoms with Crippen LogP contribution in [0.15, 0.2) is 42.5 Å². The van der Waals surface area contributed by atoms with E-state index in [1.165, 1.54) is 18.2 Å². The number of aryl methyl sites for hydroxylation is 1. The molecule has 0 spiro atoms. The Kier molecular flexibility index (Phi) is 5.23. The number of anilines is 1. The SMILES string of the molecule is Cc1cc([N+](=O)[O-])ccc1C(=O)Nc1cccc(CS(C)=O)c1. The molecule has 0 fully saturated rings. The molecule has 0 bridgehead atoms. The highest BCUT2D eigenvalue weighted by Crippen LogP contribution is 2.19. The van der Waals surface area contributed by atoms with Crippen LogP contribution in [0.1, 0.15) is 21.5 Å². The van der Waals surface area contributed by atoms with Gasteiger partial charge in [-0.25, -0.2) is 0 Å². The van der Waals surface area contributed by atoms with Crippen molar-refractivity contribution in [2.45, 2.75) is 12.7 Å². The molecule has 0 saturated carbocycles. The number of rotatable bonds is 5. The molecule has 1 amide bonds. The molecule has 23 heavy (non-hydrogen) atoms. The minimum absolute atomic E-state index is 0.0496. The van der Waals surface area contributed by atoms with E-state index < -0.39 is 15.7 Å². The number of amides is 1. The molecule has 0 radical (unpaired) electrons. The van der Waals surface area contributed by atoms with Gasteiger partial charge in [-0.2, -0.15) is 0 Å². The number of hydrogen-bond acceptors (Lipinski definition) is 4. The zero-order valence-electron chi connectivity index (χ0n) is 12.7. The van der Waals surface area contributed by atoms with Gasteiger partial charge in [0, 0.05) is 46.2 Å². The van der Waals surface area contributed by atoms with Crippen molar-refractivity contribution in [2.24, 2.45) is 0 Å². The van der Waals surface area contributed by atoms with Crippen LogP contribution in [0.25, 0.3) is 0 Å². The van der Waals surface area contributed by atoms with E-state index in [1.54, 1.807) is 31.4 Å². The van der Waals surface area contributed by atoms with Gasteiger partial charge in [0.1, 0.15) is 0 Å². The summed E-state index contributed by atoms with van der Waals surface area (Å²) in [6, 6.07) is 11.2. The molecule has 2 rings (SSSR count). The number of nitrogens with one attached hydrogen (secondary N) is 1. The van der Waals surface area contributed by atoms with E-state index in [4.69, 9.17) is 0 Å². The number of benzene rings is 2. The summed E-state index contributed by atoms with van der Waals surface area (Å²) in [5.41, 5.74) is 2.31. The van der Waals surface area contributed by atoms with Crippen molar-refractivity contribution in [1.82, 2.24) is 0 Å².